The standard InChI is InChI=1S/C11H20N2O/c12-7-11(3-4-14-8-11)13-6-9-1-2-10(13)5-9/h9-10H,1-8,12H2. The smallest absolute Gasteiger partial charge is 0.0663 e. The highest BCUT2D eigenvalue weighted by Gasteiger charge is 2.49. The fourth-order valence-electron chi connectivity index (χ4n) is 3.61. The highest BCUT2D eigenvalue weighted by molar-refractivity contribution is 5.04. The van der Waals surface area contributed by atoms with Gasteiger partial charge in [0.25, 0.3) is 0 Å². The summed E-state index contributed by atoms with van der Waals surface area (Å²) in [5.74, 6) is 0.962. The number of nitrogens with two attached hydrogens (primary N) is 1. The zero-order chi connectivity index (χ0) is 9.60. The molecule has 3 rings (SSSR count). The van der Waals surface area contributed by atoms with Crippen LogP contribution in [0.1, 0.15) is 25.7 Å². The van der Waals surface area contributed by atoms with E-state index in [1.165, 1.54) is 25.8 Å². The molecule has 1 aliphatic carbocycles. The van der Waals surface area contributed by atoms with Crippen LogP contribution >= 0.6 is 0 Å². The van der Waals surface area contributed by atoms with E-state index in [-0.39, 0.29) is 5.54 Å². The molecule has 0 aromatic carbocycles. The first kappa shape index (κ1) is 9.13. The summed E-state index contributed by atoms with van der Waals surface area (Å²) < 4.78 is 5.55. The van der Waals surface area contributed by atoms with Crippen LogP contribution < -0.4 is 5.73 Å². The summed E-state index contributed by atoms with van der Waals surface area (Å²) in [5.41, 5.74) is 6.17. The molecule has 3 aliphatic rings. The lowest BCUT2D eigenvalue weighted by molar-refractivity contribution is 0.0464. The summed E-state index contributed by atoms with van der Waals surface area (Å²) in [7, 11) is 0. The third kappa shape index (κ3) is 1.16. The van der Waals surface area contributed by atoms with E-state index in [2.05, 4.69) is 4.90 Å². The molecule has 0 aromatic rings. The normalized spacial score (nSPS) is 47.8. The maximum atomic E-state index is 5.96. The Morgan fingerprint density at radius 3 is 2.86 bits per heavy atom. The highest BCUT2D eigenvalue weighted by Crippen LogP contribution is 2.43. The number of ether oxygens (including phenoxy) is 1. The molecule has 3 fully saturated rings. The van der Waals surface area contributed by atoms with Crippen LogP contribution in [0.3, 0.4) is 0 Å². The predicted octanol–water partition coefficient (Wildman–Crippen LogP) is 0.588. The second-order valence-corrected chi connectivity index (χ2v) is 5.22. The molecule has 3 unspecified atom stereocenters. The first-order valence-corrected chi connectivity index (χ1v) is 5.89. The van der Waals surface area contributed by atoms with Crippen LogP contribution in [-0.4, -0.2) is 42.8 Å². The molecule has 2 aliphatic heterocycles. The van der Waals surface area contributed by atoms with Crippen molar-refractivity contribution in [1.82, 2.24) is 4.90 Å². The Kier molecular flexibility index (Phi) is 2.08. The molecule has 1 saturated carbocycles. The van der Waals surface area contributed by atoms with Gasteiger partial charge in [0.1, 0.15) is 0 Å². The third-order valence-electron chi connectivity index (χ3n) is 4.48. The Balaban J connectivity index is 1.80. The minimum atomic E-state index is 0.208. The Labute approximate surface area is 85.6 Å². The van der Waals surface area contributed by atoms with Gasteiger partial charge >= 0.3 is 0 Å². The molecule has 2 heterocycles. The van der Waals surface area contributed by atoms with Crippen molar-refractivity contribution in [2.75, 3.05) is 26.3 Å². The van der Waals surface area contributed by atoms with Gasteiger partial charge in [0, 0.05) is 25.7 Å². The average molecular weight is 196 g/mol. The van der Waals surface area contributed by atoms with Crippen molar-refractivity contribution in [3.63, 3.8) is 0 Å². The molecule has 80 valence electrons. The summed E-state index contributed by atoms with van der Waals surface area (Å²) in [6.07, 6.45) is 5.41. The number of fused-ring (bicyclic) bond motifs is 2. The Morgan fingerprint density at radius 1 is 1.43 bits per heavy atom. The number of nitrogens with zero attached hydrogens (tertiary/aromatic N) is 1. The zero-order valence-corrected chi connectivity index (χ0v) is 8.74. The van der Waals surface area contributed by atoms with Crippen molar-refractivity contribution in [3.8, 4) is 0 Å². The Bertz CT molecular complexity index is 225. The van der Waals surface area contributed by atoms with Crippen LogP contribution in [0.5, 0.6) is 0 Å². The quantitative estimate of drug-likeness (QED) is 0.702. The van der Waals surface area contributed by atoms with Gasteiger partial charge in [-0.2, -0.15) is 0 Å². The fraction of sp³-hybridized carbons (Fsp3) is 1.00. The zero-order valence-electron chi connectivity index (χ0n) is 8.74. The van der Waals surface area contributed by atoms with Gasteiger partial charge in [-0.1, -0.05) is 0 Å². The van der Waals surface area contributed by atoms with Crippen LogP contribution in [-0.2, 0) is 4.74 Å². The van der Waals surface area contributed by atoms with E-state index in [1.54, 1.807) is 0 Å². The first-order valence-electron chi connectivity index (χ1n) is 5.89. The summed E-state index contributed by atoms with van der Waals surface area (Å²) >= 11 is 0. The minimum absolute atomic E-state index is 0.208. The van der Waals surface area contributed by atoms with E-state index in [9.17, 15) is 0 Å². The molecule has 0 spiro atoms. The van der Waals surface area contributed by atoms with Gasteiger partial charge in [-0.25, -0.2) is 0 Å². The fourth-order valence-corrected chi connectivity index (χ4v) is 3.61. The Morgan fingerprint density at radius 2 is 2.36 bits per heavy atom. The number of piperidine rings is 1. The van der Waals surface area contributed by atoms with Gasteiger partial charge in [-0.05, 0) is 31.6 Å². The monoisotopic (exact) mass is 196 g/mol. The molecule has 3 atom stereocenters. The molecule has 0 radical (unpaired) electrons. The summed E-state index contributed by atoms with van der Waals surface area (Å²) in [6.45, 7) is 3.83. The second kappa shape index (κ2) is 3.19. The number of hydrogen-bond acceptors (Lipinski definition) is 3. The van der Waals surface area contributed by atoms with Gasteiger partial charge in [-0.15, -0.1) is 0 Å². The van der Waals surface area contributed by atoms with Gasteiger partial charge < -0.3 is 10.5 Å². The van der Waals surface area contributed by atoms with Crippen molar-refractivity contribution in [1.29, 1.82) is 0 Å². The number of rotatable bonds is 2. The van der Waals surface area contributed by atoms with Crippen LogP contribution in [0.25, 0.3) is 0 Å². The Hall–Kier alpha value is -0.120. The van der Waals surface area contributed by atoms with Gasteiger partial charge in [0.2, 0.25) is 0 Å². The SMILES string of the molecule is NCC1(N2CC3CCC2C3)CCOC1. The summed E-state index contributed by atoms with van der Waals surface area (Å²) in [6, 6.07) is 0.824. The lowest BCUT2D eigenvalue weighted by atomic mass is 9.93. The average Bonchev–Trinajstić information content (AvgIpc) is 2.94. The third-order valence-corrected chi connectivity index (χ3v) is 4.48. The maximum absolute atomic E-state index is 5.96. The van der Waals surface area contributed by atoms with Crippen molar-refractivity contribution in [2.24, 2.45) is 11.7 Å². The molecule has 0 amide bonds. The van der Waals surface area contributed by atoms with E-state index >= 15 is 0 Å². The molecular formula is C11H20N2O. The molecule has 2 bridgehead atoms. The molecule has 0 aromatic heterocycles. The van der Waals surface area contributed by atoms with Crippen molar-refractivity contribution in [3.05, 3.63) is 0 Å². The van der Waals surface area contributed by atoms with Gasteiger partial charge in [-0.3, -0.25) is 4.90 Å². The molecule has 2 saturated heterocycles. The van der Waals surface area contributed by atoms with Gasteiger partial charge in [0.05, 0.1) is 12.1 Å². The topological polar surface area (TPSA) is 38.5 Å². The lowest BCUT2D eigenvalue weighted by Crippen LogP contribution is -2.57. The first-order chi connectivity index (χ1) is 6.84. The van der Waals surface area contributed by atoms with Crippen LogP contribution in [0.4, 0.5) is 0 Å². The molecule has 14 heavy (non-hydrogen) atoms. The lowest BCUT2D eigenvalue weighted by Gasteiger charge is -2.42. The van der Waals surface area contributed by atoms with E-state index in [1.807, 2.05) is 0 Å². The van der Waals surface area contributed by atoms with Gasteiger partial charge in [0.15, 0.2) is 0 Å². The van der Waals surface area contributed by atoms with Crippen molar-refractivity contribution in [2.45, 2.75) is 37.3 Å². The molecule has 3 nitrogen and oxygen atoms in total. The molecular weight excluding hydrogens is 176 g/mol. The summed E-state index contributed by atoms with van der Waals surface area (Å²) in [4.78, 5) is 2.67. The largest absolute Gasteiger partial charge is 0.379 e. The number of likely N-dealkylation sites (tertiary alicyclic amines) is 1. The maximum Gasteiger partial charge on any atom is 0.0663 e. The molecule has 2 N–H and O–H groups in total. The number of hydrogen-bond donors (Lipinski definition) is 1. The van der Waals surface area contributed by atoms with E-state index in [4.69, 9.17) is 10.5 Å². The van der Waals surface area contributed by atoms with E-state index < -0.39 is 0 Å². The van der Waals surface area contributed by atoms with Crippen molar-refractivity contribution < 1.29 is 4.74 Å². The summed E-state index contributed by atoms with van der Waals surface area (Å²) in [5, 5.41) is 0. The molecule has 3 heteroatoms. The minimum Gasteiger partial charge on any atom is -0.379 e. The van der Waals surface area contributed by atoms with E-state index in [0.717, 1.165) is 38.1 Å². The van der Waals surface area contributed by atoms with Crippen LogP contribution in [0, 0.1) is 5.92 Å². The second-order valence-electron chi connectivity index (χ2n) is 5.22. The van der Waals surface area contributed by atoms with Crippen LogP contribution in [0.15, 0.2) is 0 Å². The predicted molar refractivity (Wildman–Crippen MR) is 55.1 cm³/mol. The van der Waals surface area contributed by atoms with Crippen molar-refractivity contribution >= 4 is 0 Å². The van der Waals surface area contributed by atoms with E-state index in [0.29, 0.717) is 0 Å². The van der Waals surface area contributed by atoms with Crippen LogP contribution in [0.2, 0.25) is 0 Å². The highest BCUT2D eigenvalue weighted by atomic mass is 16.5.